The van der Waals surface area contributed by atoms with Gasteiger partial charge in [0.1, 0.15) is 0 Å². The van der Waals surface area contributed by atoms with Gasteiger partial charge in [0.15, 0.2) is 0 Å². The van der Waals surface area contributed by atoms with Crippen molar-refractivity contribution in [3.8, 4) is 0 Å². The zero-order chi connectivity index (χ0) is 11.0. The lowest BCUT2D eigenvalue weighted by atomic mass is 9.90. The van der Waals surface area contributed by atoms with Gasteiger partial charge < -0.3 is 0 Å². The van der Waals surface area contributed by atoms with E-state index in [1.807, 2.05) is 0 Å². The second-order valence-corrected chi connectivity index (χ2v) is 5.18. The standard InChI is InChI=1S/C14H28/c1-6-14(13(4)5)11-9-7-8-10-12(2)3/h6,12-14H,1,7-11H2,2-5H3. The molecule has 0 aliphatic carbocycles. The van der Waals surface area contributed by atoms with Crippen molar-refractivity contribution >= 4 is 0 Å². The summed E-state index contributed by atoms with van der Waals surface area (Å²) in [5.41, 5.74) is 0. The molecule has 0 aromatic rings. The zero-order valence-electron chi connectivity index (χ0n) is 10.6. The first-order valence-corrected chi connectivity index (χ1v) is 6.20. The van der Waals surface area contributed by atoms with Crippen molar-refractivity contribution in [1.82, 2.24) is 0 Å². The molecule has 0 spiro atoms. The Morgan fingerprint density at radius 3 is 1.93 bits per heavy atom. The Kier molecular flexibility index (Phi) is 7.93. The molecule has 0 amide bonds. The number of allylic oxidation sites excluding steroid dienone is 1. The maximum Gasteiger partial charge on any atom is -0.0213 e. The van der Waals surface area contributed by atoms with E-state index in [2.05, 4.69) is 40.3 Å². The van der Waals surface area contributed by atoms with Gasteiger partial charge >= 0.3 is 0 Å². The van der Waals surface area contributed by atoms with Crippen LogP contribution in [0.15, 0.2) is 12.7 Å². The van der Waals surface area contributed by atoms with E-state index in [9.17, 15) is 0 Å². The zero-order valence-corrected chi connectivity index (χ0v) is 10.6. The third kappa shape index (κ3) is 7.17. The molecule has 0 aliphatic heterocycles. The Labute approximate surface area is 90.8 Å². The largest absolute Gasteiger partial charge is 0.103 e. The van der Waals surface area contributed by atoms with Gasteiger partial charge in [-0.05, 0) is 24.2 Å². The van der Waals surface area contributed by atoms with Gasteiger partial charge in [0, 0.05) is 0 Å². The Hall–Kier alpha value is -0.260. The van der Waals surface area contributed by atoms with Crippen molar-refractivity contribution in [3.63, 3.8) is 0 Å². The minimum absolute atomic E-state index is 0.731. The average molecular weight is 196 g/mol. The molecule has 0 aliphatic rings. The summed E-state index contributed by atoms with van der Waals surface area (Å²) in [5, 5.41) is 0. The molecule has 0 heterocycles. The first kappa shape index (κ1) is 13.7. The van der Waals surface area contributed by atoms with Crippen LogP contribution in [0, 0.1) is 17.8 Å². The highest BCUT2D eigenvalue weighted by atomic mass is 14.1. The smallest absolute Gasteiger partial charge is 0.0213 e. The molecule has 0 bridgehead atoms. The van der Waals surface area contributed by atoms with Crippen molar-refractivity contribution in [3.05, 3.63) is 12.7 Å². The highest BCUT2D eigenvalue weighted by Gasteiger charge is 2.08. The van der Waals surface area contributed by atoms with Crippen LogP contribution < -0.4 is 0 Å². The summed E-state index contributed by atoms with van der Waals surface area (Å²) in [5.74, 6) is 2.36. The molecule has 14 heavy (non-hydrogen) atoms. The van der Waals surface area contributed by atoms with E-state index in [1.54, 1.807) is 0 Å². The minimum Gasteiger partial charge on any atom is -0.103 e. The normalized spacial score (nSPS) is 13.6. The molecule has 0 saturated carbocycles. The third-order valence-electron chi connectivity index (χ3n) is 2.98. The van der Waals surface area contributed by atoms with E-state index < -0.39 is 0 Å². The Balaban J connectivity index is 3.38. The maximum absolute atomic E-state index is 3.91. The van der Waals surface area contributed by atoms with E-state index in [4.69, 9.17) is 0 Å². The number of hydrogen-bond acceptors (Lipinski definition) is 0. The Morgan fingerprint density at radius 2 is 1.50 bits per heavy atom. The second-order valence-electron chi connectivity index (χ2n) is 5.18. The van der Waals surface area contributed by atoms with Crippen molar-refractivity contribution in [2.45, 2.75) is 59.8 Å². The lowest BCUT2D eigenvalue weighted by molar-refractivity contribution is 0.410. The lowest BCUT2D eigenvalue weighted by Gasteiger charge is -2.16. The van der Waals surface area contributed by atoms with Crippen molar-refractivity contribution in [2.75, 3.05) is 0 Å². The number of hydrogen-bond donors (Lipinski definition) is 0. The van der Waals surface area contributed by atoms with Crippen molar-refractivity contribution in [2.24, 2.45) is 17.8 Å². The second kappa shape index (κ2) is 8.08. The number of rotatable bonds is 8. The third-order valence-corrected chi connectivity index (χ3v) is 2.98. The van der Waals surface area contributed by atoms with E-state index in [0.717, 1.165) is 17.8 Å². The predicted octanol–water partition coefficient (Wildman–Crippen LogP) is 5.05. The van der Waals surface area contributed by atoms with Gasteiger partial charge in [-0.25, -0.2) is 0 Å². The molecule has 0 fully saturated rings. The van der Waals surface area contributed by atoms with Crippen LogP contribution in [0.5, 0.6) is 0 Å². The molecule has 0 rings (SSSR count). The van der Waals surface area contributed by atoms with Crippen LogP contribution in [-0.2, 0) is 0 Å². The fourth-order valence-electron chi connectivity index (χ4n) is 1.83. The fraction of sp³-hybridized carbons (Fsp3) is 0.857. The molecular formula is C14H28. The van der Waals surface area contributed by atoms with Gasteiger partial charge in [0.25, 0.3) is 0 Å². The molecule has 0 saturated heterocycles. The van der Waals surface area contributed by atoms with Gasteiger partial charge in [-0.2, -0.15) is 0 Å². The van der Waals surface area contributed by atoms with Gasteiger partial charge in [-0.1, -0.05) is 59.5 Å². The minimum atomic E-state index is 0.731. The summed E-state index contributed by atoms with van der Waals surface area (Å²) >= 11 is 0. The van der Waals surface area contributed by atoms with E-state index >= 15 is 0 Å². The van der Waals surface area contributed by atoms with Crippen LogP contribution in [0.4, 0.5) is 0 Å². The predicted molar refractivity (Wildman–Crippen MR) is 66.4 cm³/mol. The molecule has 0 heteroatoms. The summed E-state index contributed by atoms with van der Waals surface area (Å²) in [4.78, 5) is 0. The van der Waals surface area contributed by atoms with E-state index in [1.165, 1.54) is 32.1 Å². The first-order chi connectivity index (χ1) is 6.57. The van der Waals surface area contributed by atoms with Crippen LogP contribution in [0.25, 0.3) is 0 Å². The molecule has 84 valence electrons. The summed E-state index contributed by atoms with van der Waals surface area (Å²) in [6.07, 6.45) is 9.03. The molecule has 0 radical (unpaired) electrons. The molecule has 0 aromatic heterocycles. The maximum atomic E-state index is 3.91. The van der Waals surface area contributed by atoms with Crippen LogP contribution >= 0.6 is 0 Å². The first-order valence-electron chi connectivity index (χ1n) is 6.20. The summed E-state index contributed by atoms with van der Waals surface area (Å²) in [6, 6.07) is 0. The summed E-state index contributed by atoms with van der Waals surface area (Å²) in [7, 11) is 0. The monoisotopic (exact) mass is 196 g/mol. The molecular weight excluding hydrogens is 168 g/mol. The van der Waals surface area contributed by atoms with E-state index in [0.29, 0.717) is 0 Å². The molecule has 0 aromatic carbocycles. The average Bonchev–Trinajstić information content (AvgIpc) is 2.10. The summed E-state index contributed by atoms with van der Waals surface area (Å²) < 4.78 is 0. The van der Waals surface area contributed by atoms with Crippen LogP contribution in [0.2, 0.25) is 0 Å². The van der Waals surface area contributed by atoms with Crippen LogP contribution in [0.1, 0.15) is 59.8 Å². The highest BCUT2D eigenvalue weighted by molar-refractivity contribution is 4.80. The van der Waals surface area contributed by atoms with Gasteiger partial charge in [-0.15, -0.1) is 6.58 Å². The van der Waals surface area contributed by atoms with Gasteiger partial charge in [-0.3, -0.25) is 0 Å². The Bertz CT molecular complexity index is 133. The SMILES string of the molecule is C=CC(CCCCCC(C)C)C(C)C. The number of unbranched alkanes of at least 4 members (excludes halogenated alkanes) is 2. The fourth-order valence-corrected chi connectivity index (χ4v) is 1.83. The van der Waals surface area contributed by atoms with Crippen LogP contribution in [-0.4, -0.2) is 0 Å². The highest BCUT2D eigenvalue weighted by Crippen LogP contribution is 2.20. The molecule has 1 unspecified atom stereocenters. The molecule has 1 atom stereocenters. The molecule has 0 N–H and O–H groups in total. The van der Waals surface area contributed by atoms with Crippen molar-refractivity contribution < 1.29 is 0 Å². The van der Waals surface area contributed by atoms with E-state index in [-0.39, 0.29) is 0 Å². The molecule has 0 nitrogen and oxygen atoms in total. The van der Waals surface area contributed by atoms with Gasteiger partial charge in [0.05, 0.1) is 0 Å². The quantitative estimate of drug-likeness (QED) is 0.376. The van der Waals surface area contributed by atoms with Crippen LogP contribution in [0.3, 0.4) is 0 Å². The van der Waals surface area contributed by atoms with Gasteiger partial charge in [0.2, 0.25) is 0 Å². The summed E-state index contributed by atoms with van der Waals surface area (Å²) in [6.45, 7) is 13.1. The topological polar surface area (TPSA) is 0 Å². The Morgan fingerprint density at radius 1 is 0.929 bits per heavy atom. The van der Waals surface area contributed by atoms with Crippen molar-refractivity contribution in [1.29, 1.82) is 0 Å². The lowest BCUT2D eigenvalue weighted by Crippen LogP contribution is -2.04.